The molecule has 2 saturated carbocycles. The van der Waals surface area contributed by atoms with Crippen molar-refractivity contribution in [2.45, 2.75) is 64.1 Å². The second-order valence-electron chi connectivity index (χ2n) is 6.45. The summed E-state index contributed by atoms with van der Waals surface area (Å²) in [6, 6.07) is 7.90. The molecule has 116 valence electrons. The van der Waals surface area contributed by atoms with Gasteiger partial charge in [-0.1, -0.05) is 38.3 Å². The first kappa shape index (κ1) is 14.7. The minimum Gasteiger partial charge on any atom is -0.490 e. The van der Waals surface area contributed by atoms with E-state index in [0.29, 0.717) is 6.61 Å². The van der Waals surface area contributed by atoms with Crippen LogP contribution in [-0.4, -0.2) is 23.9 Å². The van der Waals surface area contributed by atoms with E-state index in [-0.39, 0.29) is 17.6 Å². The number of aliphatic hydroxyl groups excluding tert-OH is 1. The van der Waals surface area contributed by atoms with E-state index in [0.717, 1.165) is 37.2 Å². The van der Waals surface area contributed by atoms with Crippen molar-refractivity contribution in [2.24, 2.45) is 5.41 Å². The monoisotopic (exact) mass is 290 g/mol. The highest BCUT2D eigenvalue weighted by Gasteiger charge is 2.56. The van der Waals surface area contributed by atoms with Crippen molar-refractivity contribution in [1.82, 2.24) is 0 Å². The predicted molar refractivity (Wildman–Crippen MR) is 82.8 cm³/mol. The molecule has 3 heteroatoms. The lowest BCUT2D eigenvalue weighted by Gasteiger charge is -2.55. The van der Waals surface area contributed by atoms with Gasteiger partial charge in [0.2, 0.25) is 0 Å². The minimum atomic E-state index is -0.188. The van der Waals surface area contributed by atoms with Gasteiger partial charge in [0.25, 0.3) is 0 Å². The molecule has 0 aliphatic heterocycles. The van der Waals surface area contributed by atoms with Gasteiger partial charge in [0.1, 0.15) is 6.10 Å². The number of hydrogen-bond donors (Lipinski definition) is 1. The Morgan fingerprint density at radius 1 is 1.14 bits per heavy atom. The second kappa shape index (κ2) is 6.27. The SMILES string of the molecule is CCCOc1ccccc1OC1CC(O)C12CCCCC2. The van der Waals surface area contributed by atoms with E-state index < -0.39 is 0 Å². The lowest BCUT2D eigenvalue weighted by Crippen LogP contribution is -2.60. The van der Waals surface area contributed by atoms with Gasteiger partial charge in [-0.05, 0) is 31.4 Å². The van der Waals surface area contributed by atoms with Crippen molar-refractivity contribution >= 4 is 0 Å². The first-order chi connectivity index (χ1) is 10.3. The number of para-hydroxylation sites is 2. The summed E-state index contributed by atoms with van der Waals surface area (Å²) in [5, 5.41) is 10.3. The molecule has 3 rings (SSSR count). The lowest BCUT2D eigenvalue weighted by molar-refractivity contribution is -0.172. The van der Waals surface area contributed by atoms with Crippen LogP contribution < -0.4 is 9.47 Å². The Balaban J connectivity index is 1.72. The molecule has 2 fully saturated rings. The molecule has 0 saturated heterocycles. The second-order valence-corrected chi connectivity index (χ2v) is 6.45. The van der Waals surface area contributed by atoms with Gasteiger partial charge in [-0.15, -0.1) is 0 Å². The molecule has 2 unspecified atom stereocenters. The number of rotatable bonds is 5. The summed E-state index contributed by atoms with van der Waals surface area (Å²) < 4.78 is 12.0. The summed E-state index contributed by atoms with van der Waals surface area (Å²) in [4.78, 5) is 0. The zero-order chi connectivity index (χ0) is 14.7. The molecule has 0 bridgehead atoms. The number of hydrogen-bond acceptors (Lipinski definition) is 3. The van der Waals surface area contributed by atoms with E-state index in [2.05, 4.69) is 6.92 Å². The molecular formula is C18H26O3. The maximum atomic E-state index is 10.3. The fourth-order valence-electron chi connectivity index (χ4n) is 3.79. The van der Waals surface area contributed by atoms with Crippen molar-refractivity contribution in [3.8, 4) is 11.5 Å². The molecular weight excluding hydrogens is 264 g/mol. The van der Waals surface area contributed by atoms with E-state index in [1.54, 1.807) is 0 Å². The molecule has 1 aromatic rings. The summed E-state index contributed by atoms with van der Waals surface area (Å²) in [7, 11) is 0. The third-order valence-electron chi connectivity index (χ3n) is 5.11. The molecule has 0 amide bonds. The van der Waals surface area contributed by atoms with Crippen LogP contribution in [-0.2, 0) is 0 Å². The zero-order valence-corrected chi connectivity index (χ0v) is 12.9. The summed E-state index contributed by atoms with van der Waals surface area (Å²) in [5.41, 5.74) is -0.00385. The highest BCUT2D eigenvalue weighted by Crippen LogP contribution is 2.53. The third kappa shape index (κ3) is 2.76. The van der Waals surface area contributed by atoms with E-state index in [9.17, 15) is 5.11 Å². The predicted octanol–water partition coefficient (Wildman–Crippen LogP) is 3.94. The quantitative estimate of drug-likeness (QED) is 0.892. The standard InChI is InChI=1S/C18H26O3/c1-2-12-20-14-8-4-5-9-15(14)21-17-13-16(19)18(17)10-6-3-7-11-18/h4-5,8-9,16-17,19H,2-3,6-7,10-13H2,1H3. The highest BCUT2D eigenvalue weighted by molar-refractivity contribution is 5.40. The molecule has 0 radical (unpaired) electrons. The summed E-state index contributed by atoms with van der Waals surface area (Å²) in [6.07, 6.45) is 7.59. The van der Waals surface area contributed by atoms with Gasteiger partial charge in [-0.3, -0.25) is 0 Å². The molecule has 0 heterocycles. The van der Waals surface area contributed by atoms with Gasteiger partial charge in [0.05, 0.1) is 12.7 Å². The largest absolute Gasteiger partial charge is 0.490 e. The van der Waals surface area contributed by atoms with Gasteiger partial charge in [-0.2, -0.15) is 0 Å². The Morgan fingerprint density at radius 2 is 1.86 bits per heavy atom. The zero-order valence-electron chi connectivity index (χ0n) is 12.9. The van der Waals surface area contributed by atoms with Crippen molar-refractivity contribution in [3.63, 3.8) is 0 Å². The smallest absolute Gasteiger partial charge is 0.161 e. The van der Waals surface area contributed by atoms with Crippen LogP contribution in [0, 0.1) is 5.41 Å². The molecule has 1 spiro atoms. The van der Waals surface area contributed by atoms with Crippen LogP contribution in [0.5, 0.6) is 11.5 Å². The third-order valence-corrected chi connectivity index (χ3v) is 5.11. The van der Waals surface area contributed by atoms with E-state index in [4.69, 9.17) is 9.47 Å². The topological polar surface area (TPSA) is 38.7 Å². The van der Waals surface area contributed by atoms with Crippen LogP contribution >= 0.6 is 0 Å². The average Bonchev–Trinajstić information content (AvgIpc) is 2.54. The van der Waals surface area contributed by atoms with Crippen LogP contribution in [0.4, 0.5) is 0 Å². The first-order valence-corrected chi connectivity index (χ1v) is 8.33. The number of aliphatic hydroxyl groups is 1. The molecule has 3 nitrogen and oxygen atoms in total. The van der Waals surface area contributed by atoms with Gasteiger partial charge in [0, 0.05) is 11.8 Å². The van der Waals surface area contributed by atoms with E-state index in [1.807, 2.05) is 24.3 Å². The van der Waals surface area contributed by atoms with Crippen LogP contribution in [0.25, 0.3) is 0 Å². The molecule has 2 aliphatic carbocycles. The molecule has 2 atom stereocenters. The fraction of sp³-hybridized carbons (Fsp3) is 0.667. The van der Waals surface area contributed by atoms with Crippen molar-refractivity contribution < 1.29 is 14.6 Å². The van der Waals surface area contributed by atoms with Gasteiger partial charge in [0.15, 0.2) is 11.5 Å². The van der Waals surface area contributed by atoms with Crippen LogP contribution in [0.1, 0.15) is 51.9 Å². The Morgan fingerprint density at radius 3 is 2.52 bits per heavy atom. The molecule has 1 N–H and O–H groups in total. The normalized spacial score (nSPS) is 27.1. The number of benzene rings is 1. The highest BCUT2D eigenvalue weighted by atomic mass is 16.5. The van der Waals surface area contributed by atoms with Gasteiger partial charge >= 0.3 is 0 Å². The maximum Gasteiger partial charge on any atom is 0.161 e. The first-order valence-electron chi connectivity index (χ1n) is 8.33. The summed E-state index contributed by atoms with van der Waals surface area (Å²) in [6.45, 7) is 2.81. The maximum absolute atomic E-state index is 10.3. The fourth-order valence-corrected chi connectivity index (χ4v) is 3.79. The lowest BCUT2D eigenvalue weighted by atomic mass is 9.56. The van der Waals surface area contributed by atoms with Crippen LogP contribution in [0.2, 0.25) is 0 Å². The summed E-state index contributed by atoms with van der Waals surface area (Å²) >= 11 is 0. The van der Waals surface area contributed by atoms with Crippen LogP contribution in [0.3, 0.4) is 0 Å². The number of ether oxygens (including phenoxy) is 2. The Hall–Kier alpha value is -1.22. The van der Waals surface area contributed by atoms with E-state index >= 15 is 0 Å². The molecule has 2 aliphatic rings. The Labute approximate surface area is 127 Å². The average molecular weight is 290 g/mol. The molecule has 1 aromatic carbocycles. The van der Waals surface area contributed by atoms with Crippen LogP contribution in [0.15, 0.2) is 24.3 Å². The molecule has 21 heavy (non-hydrogen) atoms. The van der Waals surface area contributed by atoms with Crippen molar-refractivity contribution in [2.75, 3.05) is 6.61 Å². The minimum absolute atomic E-state index is 0.00385. The Bertz CT molecular complexity index is 465. The van der Waals surface area contributed by atoms with Gasteiger partial charge < -0.3 is 14.6 Å². The Kier molecular flexibility index (Phi) is 4.39. The van der Waals surface area contributed by atoms with E-state index in [1.165, 1.54) is 19.3 Å². The summed E-state index contributed by atoms with van der Waals surface area (Å²) in [5.74, 6) is 1.65. The van der Waals surface area contributed by atoms with Crippen molar-refractivity contribution in [1.29, 1.82) is 0 Å². The molecule has 0 aromatic heterocycles. The van der Waals surface area contributed by atoms with Crippen molar-refractivity contribution in [3.05, 3.63) is 24.3 Å². The van der Waals surface area contributed by atoms with Gasteiger partial charge in [-0.25, -0.2) is 0 Å².